The second kappa shape index (κ2) is 6.28. The Labute approximate surface area is 126 Å². The van der Waals surface area contributed by atoms with Crippen molar-refractivity contribution in [3.8, 4) is 0 Å². The topological polar surface area (TPSA) is 75.5 Å². The lowest BCUT2D eigenvalue weighted by Crippen LogP contribution is -2.37. The van der Waals surface area contributed by atoms with E-state index < -0.39 is 5.97 Å². The Balaban J connectivity index is 2.00. The summed E-state index contributed by atoms with van der Waals surface area (Å²) in [6.45, 7) is 2.79. The van der Waals surface area contributed by atoms with Crippen LogP contribution in [0.2, 0.25) is 0 Å². The molecule has 1 N–H and O–H groups in total. The van der Waals surface area contributed by atoms with Crippen molar-refractivity contribution >= 4 is 34.6 Å². The first-order valence-electron chi connectivity index (χ1n) is 6.68. The van der Waals surface area contributed by atoms with E-state index in [-0.39, 0.29) is 5.75 Å². The lowest BCUT2D eigenvalue weighted by Gasteiger charge is -2.29. The molecule has 0 atom stereocenters. The summed E-state index contributed by atoms with van der Waals surface area (Å²) < 4.78 is 5.36. The number of carboxylic acid groups (broad SMARTS) is 1. The number of anilines is 1. The normalized spacial score (nSPS) is 15.3. The van der Waals surface area contributed by atoms with Gasteiger partial charge in [0.1, 0.15) is 5.03 Å². The second-order valence-electron chi connectivity index (χ2n) is 4.62. The maximum Gasteiger partial charge on any atom is 0.313 e. The van der Waals surface area contributed by atoms with Crippen molar-refractivity contribution in [1.29, 1.82) is 0 Å². The molecule has 0 saturated carbocycles. The fraction of sp³-hybridized carbons (Fsp3) is 0.357. The van der Waals surface area contributed by atoms with Crippen molar-refractivity contribution in [2.75, 3.05) is 37.0 Å². The molecule has 1 aromatic carbocycles. The smallest absolute Gasteiger partial charge is 0.313 e. The molecule has 110 valence electrons. The van der Waals surface area contributed by atoms with Crippen molar-refractivity contribution in [3.05, 3.63) is 24.3 Å². The van der Waals surface area contributed by atoms with E-state index in [1.807, 2.05) is 24.3 Å². The molecule has 0 radical (unpaired) electrons. The molecule has 1 fully saturated rings. The van der Waals surface area contributed by atoms with E-state index >= 15 is 0 Å². The minimum atomic E-state index is -0.858. The summed E-state index contributed by atoms with van der Waals surface area (Å²) in [5, 5.41) is 9.55. The van der Waals surface area contributed by atoms with Gasteiger partial charge in [-0.1, -0.05) is 23.9 Å². The number of fused-ring (bicyclic) bond motifs is 1. The zero-order valence-electron chi connectivity index (χ0n) is 11.4. The summed E-state index contributed by atoms with van der Waals surface area (Å²) in [5.41, 5.74) is 1.60. The van der Waals surface area contributed by atoms with Crippen LogP contribution in [0.1, 0.15) is 0 Å². The zero-order chi connectivity index (χ0) is 14.7. The standard InChI is InChI=1S/C14H15N3O3S/c18-12(19)9-21-14-13(17-5-7-20-8-6-17)15-10-3-1-2-4-11(10)16-14/h1-4H,5-9H2,(H,18,19). The average molecular weight is 305 g/mol. The number of benzene rings is 1. The quantitative estimate of drug-likeness (QED) is 0.861. The highest BCUT2D eigenvalue weighted by Gasteiger charge is 2.19. The molecule has 6 nitrogen and oxygen atoms in total. The van der Waals surface area contributed by atoms with Crippen LogP contribution in [0.3, 0.4) is 0 Å². The van der Waals surface area contributed by atoms with Crippen LogP contribution >= 0.6 is 11.8 Å². The lowest BCUT2D eigenvalue weighted by molar-refractivity contribution is -0.133. The SMILES string of the molecule is O=C(O)CSc1nc2ccccc2nc1N1CCOCC1. The molecule has 7 heteroatoms. The van der Waals surface area contributed by atoms with Crippen LogP contribution in [0.15, 0.2) is 29.3 Å². The molecule has 1 aliphatic heterocycles. The number of para-hydroxylation sites is 2. The number of aliphatic carboxylic acids is 1. The van der Waals surface area contributed by atoms with Gasteiger partial charge in [0.05, 0.1) is 30.0 Å². The van der Waals surface area contributed by atoms with Gasteiger partial charge in [-0.05, 0) is 12.1 Å². The summed E-state index contributed by atoms with van der Waals surface area (Å²) in [6.07, 6.45) is 0. The summed E-state index contributed by atoms with van der Waals surface area (Å²) >= 11 is 1.21. The van der Waals surface area contributed by atoms with E-state index in [0.29, 0.717) is 18.2 Å². The number of aromatic nitrogens is 2. The van der Waals surface area contributed by atoms with Gasteiger partial charge in [0, 0.05) is 13.1 Å². The van der Waals surface area contributed by atoms with Gasteiger partial charge in [0.25, 0.3) is 0 Å². The molecule has 0 spiro atoms. The molecule has 0 unspecified atom stereocenters. The van der Waals surface area contributed by atoms with Gasteiger partial charge in [-0.3, -0.25) is 4.79 Å². The number of morpholine rings is 1. The Morgan fingerprint density at radius 1 is 1.24 bits per heavy atom. The molecule has 0 aliphatic carbocycles. The van der Waals surface area contributed by atoms with E-state index in [4.69, 9.17) is 9.84 Å². The molecular weight excluding hydrogens is 290 g/mol. The molecule has 2 heterocycles. The van der Waals surface area contributed by atoms with Crippen LogP contribution < -0.4 is 4.90 Å². The van der Waals surface area contributed by atoms with Gasteiger partial charge < -0.3 is 14.7 Å². The van der Waals surface area contributed by atoms with Crippen molar-refractivity contribution in [3.63, 3.8) is 0 Å². The predicted molar refractivity (Wildman–Crippen MR) is 80.9 cm³/mol. The van der Waals surface area contributed by atoms with Gasteiger partial charge >= 0.3 is 5.97 Å². The molecule has 0 bridgehead atoms. The Hall–Kier alpha value is -1.86. The van der Waals surface area contributed by atoms with Crippen LogP contribution in [-0.4, -0.2) is 53.1 Å². The molecule has 2 aromatic rings. The van der Waals surface area contributed by atoms with Crippen LogP contribution in [0, 0.1) is 0 Å². The minimum Gasteiger partial charge on any atom is -0.481 e. The monoisotopic (exact) mass is 305 g/mol. The largest absolute Gasteiger partial charge is 0.481 e. The first-order chi connectivity index (χ1) is 10.2. The summed E-state index contributed by atoms with van der Waals surface area (Å²) in [7, 11) is 0. The van der Waals surface area contributed by atoms with E-state index in [9.17, 15) is 4.79 Å². The minimum absolute atomic E-state index is 0.0235. The zero-order valence-corrected chi connectivity index (χ0v) is 12.2. The van der Waals surface area contributed by atoms with Crippen LogP contribution in [-0.2, 0) is 9.53 Å². The third kappa shape index (κ3) is 3.25. The van der Waals surface area contributed by atoms with E-state index in [1.165, 1.54) is 11.8 Å². The van der Waals surface area contributed by atoms with Crippen molar-refractivity contribution in [2.45, 2.75) is 5.03 Å². The Morgan fingerprint density at radius 2 is 1.90 bits per heavy atom. The Morgan fingerprint density at radius 3 is 2.57 bits per heavy atom. The third-order valence-corrected chi connectivity index (χ3v) is 4.10. The van der Waals surface area contributed by atoms with Gasteiger partial charge in [-0.15, -0.1) is 0 Å². The first kappa shape index (κ1) is 14.1. The van der Waals surface area contributed by atoms with Crippen LogP contribution in [0.25, 0.3) is 11.0 Å². The number of nitrogens with zero attached hydrogens (tertiary/aromatic N) is 3. The van der Waals surface area contributed by atoms with Gasteiger partial charge in [-0.25, -0.2) is 9.97 Å². The van der Waals surface area contributed by atoms with Gasteiger partial charge in [-0.2, -0.15) is 0 Å². The number of ether oxygens (including phenoxy) is 1. The van der Waals surface area contributed by atoms with Crippen molar-refractivity contribution in [2.24, 2.45) is 0 Å². The molecule has 3 rings (SSSR count). The number of hydrogen-bond donors (Lipinski definition) is 1. The predicted octanol–water partition coefficient (Wildman–Crippen LogP) is 1.64. The number of thioether (sulfide) groups is 1. The molecule has 21 heavy (non-hydrogen) atoms. The summed E-state index contributed by atoms with van der Waals surface area (Å²) in [6, 6.07) is 7.62. The van der Waals surface area contributed by atoms with E-state index in [2.05, 4.69) is 14.9 Å². The summed E-state index contributed by atoms with van der Waals surface area (Å²) in [4.78, 5) is 22.2. The number of carboxylic acids is 1. The molecule has 0 amide bonds. The fourth-order valence-corrected chi connectivity index (χ4v) is 2.91. The Bertz CT molecular complexity index is 659. The Kier molecular flexibility index (Phi) is 4.21. The fourth-order valence-electron chi connectivity index (χ4n) is 2.18. The highest BCUT2D eigenvalue weighted by Crippen LogP contribution is 2.29. The van der Waals surface area contributed by atoms with Gasteiger partial charge in [0.2, 0.25) is 0 Å². The van der Waals surface area contributed by atoms with Crippen LogP contribution in [0.5, 0.6) is 0 Å². The average Bonchev–Trinajstić information content (AvgIpc) is 2.53. The van der Waals surface area contributed by atoms with Crippen molar-refractivity contribution < 1.29 is 14.6 Å². The maximum atomic E-state index is 10.8. The lowest BCUT2D eigenvalue weighted by atomic mass is 10.3. The highest BCUT2D eigenvalue weighted by molar-refractivity contribution is 8.00. The summed E-state index contributed by atoms with van der Waals surface area (Å²) in [5.74, 6) is -0.129. The molecule has 1 aromatic heterocycles. The van der Waals surface area contributed by atoms with Crippen molar-refractivity contribution in [1.82, 2.24) is 9.97 Å². The molecule has 1 saturated heterocycles. The van der Waals surface area contributed by atoms with E-state index in [1.54, 1.807) is 0 Å². The highest BCUT2D eigenvalue weighted by atomic mass is 32.2. The number of hydrogen-bond acceptors (Lipinski definition) is 6. The maximum absolute atomic E-state index is 10.8. The molecular formula is C14H15N3O3S. The second-order valence-corrected chi connectivity index (χ2v) is 5.59. The van der Waals surface area contributed by atoms with Crippen LogP contribution in [0.4, 0.5) is 5.82 Å². The molecule has 1 aliphatic rings. The third-order valence-electron chi connectivity index (χ3n) is 3.16. The number of rotatable bonds is 4. The van der Waals surface area contributed by atoms with E-state index in [0.717, 1.165) is 29.9 Å². The van der Waals surface area contributed by atoms with Gasteiger partial charge in [0.15, 0.2) is 5.82 Å². The number of carbonyl (C=O) groups is 1. The first-order valence-corrected chi connectivity index (χ1v) is 7.66.